The minimum absolute atomic E-state index is 0.0342. The van der Waals surface area contributed by atoms with Gasteiger partial charge in [-0.2, -0.15) is 0 Å². The van der Waals surface area contributed by atoms with Crippen molar-refractivity contribution in [1.29, 1.82) is 0 Å². The Bertz CT molecular complexity index is 2120. The highest BCUT2D eigenvalue weighted by molar-refractivity contribution is 6.03. The average Bonchev–Trinajstić information content (AvgIpc) is 4.00. The Morgan fingerprint density at radius 2 is 1.78 bits per heavy atom. The molecular formula is C51H65N3O9. The molecule has 1 aromatic heterocycles. The molecule has 0 radical (unpaired) electrons. The van der Waals surface area contributed by atoms with Gasteiger partial charge in [0.1, 0.15) is 31.3 Å². The number of carbonyl (C=O) groups excluding carboxylic acids is 1. The monoisotopic (exact) mass is 863 g/mol. The number of nitrogens with zero attached hydrogens (tertiary/aromatic N) is 3. The maximum Gasteiger partial charge on any atom is 0.239 e. The summed E-state index contributed by atoms with van der Waals surface area (Å²) in [4.78, 5) is 27.5. The molecule has 5 aliphatic rings. The second-order valence-electron chi connectivity index (χ2n) is 17.9. The van der Waals surface area contributed by atoms with Crippen LogP contribution >= 0.6 is 0 Å². The Morgan fingerprint density at radius 3 is 2.56 bits per heavy atom. The summed E-state index contributed by atoms with van der Waals surface area (Å²) < 4.78 is 32.7. The Labute approximate surface area is 372 Å². The fraction of sp³-hybridized carbons (Fsp3) is 0.549. The van der Waals surface area contributed by atoms with Crippen LogP contribution in [0.4, 0.5) is 0 Å². The van der Waals surface area contributed by atoms with Gasteiger partial charge in [0.2, 0.25) is 18.5 Å². The van der Waals surface area contributed by atoms with Crippen LogP contribution in [0.1, 0.15) is 112 Å². The van der Waals surface area contributed by atoms with Gasteiger partial charge in [0.05, 0.1) is 23.9 Å². The topological polar surface area (TPSA) is 141 Å². The largest absolute Gasteiger partial charge is 0.487 e. The van der Waals surface area contributed by atoms with Crippen molar-refractivity contribution in [3.05, 3.63) is 101 Å². The fourth-order valence-corrected chi connectivity index (χ4v) is 11.1. The van der Waals surface area contributed by atoms with Gasteiger partial charge in [-0.3, -0.25) is 9.78 Å². The molecule has 2 N–H and O–H groups in total. The number of amides is 1. The van der Waals surface area contributed by atoms with Crippen LogP contribution in [0.3, 0.4) is 0 Å². The van der Waals surface area contributed by atoms with Crippen LogP contribution in [-0.4, -0.2) is 77.3 Å². The lowest BCUT2D eigenvalue weighted by atomic mass is 9.55. The molecule has 63 heavy (non-hydrogen) atoms. The summed E-state index contributed by atoms with van der Waals surface area (Å²) in [5.41, 5.74) is 5.44. The van der Waals surface area contributed by atoms with E-state index in [1.807, 2.05) is 60.4 Å². The van der Waals surface area contributed by atoms with Crippen LogP contribution in [0.5, 0.6) is 23.0 Å². The second-order valence-corrected chi connectivity index (χ2v) is 17.9. The third-order valence-electron chi connectivity index (χ3n) is 13.9. The van der Waals surface area contributed by atoms with Crippen LogP contribution in [0, 0.1) is 30.6 Å². The first kappa shape index (κ1) is 44.7. The summed E-state index contributed by atoms with van der Waals surface area (Å²) in [5.74, 6) is 1.56. The highest BCUT2D eigenvalue weighted by Gasteiger charge is 2.65. The fourth-order valence-electron chi connectivity index (χ4n) is 11.1. The normalized spacial score (nSPS) is 25.2. The van der Waals surface area contributed by atoms with Gasteiger partial charge < -0.3 is 43.6 Å². The van der Waals surface area contributed by atoms with Gasteiger partial charge in [0.25, 0.3) is 0 Å². The number of aromatic nitrogens is 1. The van der Waals surface area contributed by atoms with Crippen molar-refractivity contribution in [3.63, 3.8) is 0 Å². The quantitative estimate of drug-likeness (QED) is 0.0606. The summed E-state index contributed by atoms with van der Waals surface area (Å²) >= 11 is 0. The third-order valence-corrected chi connectivity index (χ3v) is 13.9. The van der Waals surface area contributed by atoms with E-state index in [-0.39, 0.29) is 50.3 Å². The molecule has 3 heterocycles. The van der Waals surface area contributed by atoms with Crippen LogP contribution in [0.2, 0.25) is 0 Å². The number of aliphatic hydroxyl groups excluding tert-OH is 2. The molecule has 12 heteroatoms. The summed E-state index contributed by atoms with van der Waals surface area (Å²) in [6.45, 7) is 7.24. The van der Waals surface area contributed by atoms with Gasteiger partial charge in [0, 0.05) is 49.8 Å². The van der Waals surface area contributed by atoms with Gasteiger partial charge in [-0.15, -0.1) is 6.58 Å². The van der Waals surface area contributed by atoms with E-state index in [9.17, 15) is 10.2 Å². The van der Waals surface area contributed by atoms with E-state index >= 15 is 4.79 Å². The molecule has 3 aliphatic carbocycles. The predicted octanol–water partition coefficient (Wildman–Crippen LogP) is 8.96. The molecule has 6 atom stereocenters. The van der Waals surface area contributed by atoms with Gasteiger partial charge in [-0.1, -0.05) is 68.0 Å². The van der Waals surface area contributed by atoms with Crippen molar-refractivity contribution in [2.45, 2.75) is 121 Å². The van der Waals surface area contributed by atoms with Gasteiger partial charge in [-0.25, -0.2) is 0 Å². The van der Waals surface area contributed by atoms with Crippen molar-refractivity contribution < 1.29 is 43.5 Å². The summed E-state index contributed by atoms with van der Waals surface area (Å²) in [7, 11) is 1.58. The van der Waals surface area contributed by atoms with Crippen molar-refractivity contribution >= 4 is 11.6 Å². The number of benzene rings is 2. The number of oxime groups is 1. The van der Waals surface area contributed by atoms with Crippen LogP contribution < -0.4 is 18.9 Å². The van der Waals surface area contributed by atoms with Crippen LogP contribution in [0.25, 0.3) is 0 Å². The smallest absolute Gasteiger partial charge is 0.239 e. The molecule has 2 saturated carbocycles. The number of allylic oxidation sites excluding steroid dienone is 1. The molecule has 2 aromatic carbocycles. The van der Waals surface area contributed by atoms with Crippen LogP contribution in [-0.2, 0) is 27.5 Å². The van der Waals surface area contributed by atoms with E-state index < -0.39 is 17.7 Å². The summed E-state index contributed by atoms with van der Waals surface area (Å²) in [6.07, 6.45) is 15.2. The van der Waals surface area contributed by atoms with Crippen LogP contribution in [0.15, 0.2) is 84.1 Å². The zero-order valence-corrected chi connectivity index (χ0v) is 37.1. The molecule has 0 unspecified atom stereocenters. The molecule has 2 fully saturated rings. The number of carbonyl (C=O) groups is 1. The zero-order chi connectivity index (χ0) is 43.8. The molecule has 12 nitrogen and oxygen atoms in total. The number of pyridine rings is 1. The maximum atomic E-state index is 15.2. The standard InChI is InChI=1S/C51H65N3O9/c1-4-26-62-51-47(54(48(57)23-19-35-13-5-6-14-35)31-36-18-21-45-46(27-36)61-33-60-45)30-43(53-58-3)41-28-37(15-7-9-24-55)40(17-8-10-25-56)49(50(41)51)42-29-39(20-22-44(42)63-51)59-32-38-16-11-12-34(2)52-38/h4,11-12,16,18,20-22,27-29,35,37,40,47,49-50,55-56H,1,5-10,13-15,17,19,23-26,30-33H2,2-3H3/t37-,40+,47-,49+,50+,51+/m0/s1. The summed E-state index contributed by atoms with van der Waals surface area (Å²) in [5, 5.41) is 24.7. The SMILES string of the molecule is C=CCO[C@@]12Oc3ccc(OCc4cccc(C)n4)cc3[C@H]3[C@H](CCCCO)[C@@H](CCCCO)C=C(C(=NOC)C[C@@H]1N(Cc1ccc4c(c1)OCO4)C(=O)CCC1CCCC1)[C@H]32. The minimum atomic E-state index is -1.36. The van der Waals surface area contributed by atoms with E-state index in [1.54, 1.807) is 13.2 Å². The minimum Gasteiger partial charge on any atom is -0.487 e. The number of unbranched alkanes of at least 4 members (excludes halogenated alkanes) is 2. The van der Waals surface area contributed by atoms with Crippen molar-refractivity contribution in [3.8, 4) is 23.0 Å². The first-order valence-electron chi connectivity index (χ1n) is 23.2. The highest BCUT2D eigenvalue weighted by Crippen LogP contribution is 2.62. The molecule has 2 aliphatic heterocycles. The number of aliphatic hydroxyl groups is 2. The Hall–Kier alpha value is -4.91. The predicted molar refractivity (Wildman–Crippen MR) is 240 cm³/mol. The lowest BCUT2D eigenvalue weighted by Crippen LogP contribution is -2.70. The molecule has 3 aromatic rings. The Balaban J connectivity index is 1.28. The van der Waals surface area contributed by atoms with Gasteiger partial charge in [0.15, 0.2) is 11.5 Å². The van der Waals surface area contributed by atoms with E-state index in [2.05, 4.69) is 23.7 Å². The number of rotatable bonds is 21. The number of aryl methyl sites for hydroxylation is 1. The van der Waals surface area contributed by atoms with Gasteiger partial charge in [-0.05, 0) is 110 Å². The first-order chi connectivity index (χ1) is 30.8. The van der Waals surface area contributed by atoms with E-state index in [0.29, 0.717) is 67.8 Å². The van der Waals surface area contributed by atoms with E-state index in [0.717, 1.165) is 78.7 Å². The van der Waals surface area contributed by atoms with Crippen molar-refractivity contribution in [2.75, 3.05) is 33.7 Å². The lowest BCUT2D eigenvalue weighted by Gasteiger charge is -2.60. The number of hydrogen-bond donors (Lipinski definition) is 2. The first-order valence-corrected chi connectivity index (χ1v) is 23.2. The molecule has 0 bridgehead atoms. The lowest BCUT2D eigenvalue weighted by molar-refractivity contribution is -0.258. The van der Waals surface area contributed by atoms with Crippen molar-refractivity contribution in [1.82, 2.24) is 9.88 Å². The second kappa shape index (κ2) is 20.7. The third kappa shape index (κ3) is 9.78. The molecule has 0 spiro atoms. The maximum absolute atomic E-state index is 15.2. The van der Waals surface area contributed by atoms with E-state index in [4.69, 9.17) is 33.7 Å². The zero-order valence-electron chi connectivity index (χ0n) is 37.1. The number of hydrogen-bond acceptors (Lipinski definition) is 11. The van der Waals surface area contributed by atoms with Crippen molar-refractivity contribution in [2.24, 2.45) is 28.8 Å². The molecule has 0 saturated heterocycles. The average molecular weight is 864 g/mol. The Morgan fingerprint density at radius 1 is 0.984 bits per heavy atom. The van der Waals surface area contributed by atoms with E-state index in [1.165, 1.54) is 12.8 Å². The Kier molecular flexibility index (Phi) is 14.7. The summed E-state index contributed by atoms with van der Waals surface area (Å²) in [6, 6.07) is 17.2. The number of ether oxygens (including phenoxy) is 5. The number of fused-ring (bicyclic) bond motifs is 3. The highest BCUT2D eigenvalue weighted by atomic mass is 16.7. The molecule has 338 valence electrons. The molecule has 1 amide bonds. The van der Waals surface area contributed by atoms with Gasteiger partial charge >= 0.3 is 0 Å². The molecular weight excluding hydrogens is 799 g/mol. The molecule has 8 rings (SSSR count).